The summed E-state index contributed by atoms with van der Waals surface area (Å²) < 4.78 is 0. The van der Waals surface area contributed by atoms with Gasteiger partial charge < -0.3 is 10.2 Å². The molecule has 1 aromatic rings. The van der Waals surface area contributed by atoms with E-state index in [4.69, 9.17) is 0 Å². The fraction of sp³-hybridized carbons (Fsp3) is 0.571. The molecule has 2 nitrogen and oxygen atoms in total. The SMILES string of the molecule is Cc1ccc(C)c(N2CC3(CCNC3)C2)c1. The Morgan fingerprint density at radius 3 is 2.75 bits per heavy atom. The zero-order valence-corrected chi connectivity index (χ0v) is 10.2. The molecule has 86 valence electrons. The smallest absolute Gasteiger partial charge is 0.0398 e. The van der Waals surface area contributed by atoms with Gasteiger partial charge in [0.1, 0.15) is 0 Å². The van der Waals surface area contributed by atoms with Gasteiger partial charge in [-0.1, -0.05) is 12.1 Å². The summed E-state index contributed by atoms with van der Waals surface area (Å²) in [6.45, 7) is 9.30. The van der Waals surface area contributed by atoms with Crippen LogP contribution in [0, 0.1) is 19.3 Å². The standard InChI is InChI=1S/C14H20N2/c1-11-3-4-12(2)13(7-11)16-9-14(10-16)5-6-15-8-14/h3-4,7,15H,5-6,8-10H2,1-2H3. The van der Waals surface area contributed by atoms with Gasteiger partial charge in [-0.25, -0.2) is 0 Å². The lowest BCUT2D eigenvalue weighted by molar-refractivity contribution is 0.243. The molecule has 2 aliphatic rings. The van der Waals surface area contributed by atoms with Crippen molar-refractivity contribution in [2.24, 2.45) is 5.41 Å². The minimum atomic E-state index is 0.593. The Bertz CT molecular complexity index is 397. The zero-order chi connectivity index (χ0) is 11.2. The van der Waals surface area contributed by atoms with Gasteiger partial charge in [-0.05, 0) is 44.0 Å². The van der Waals surface area contributed by atoms with E-state index in [9.17, 15) is 0 Å². The average molecular weight is 216 g/mol. The van der Waals surface area contributed by atoms with Crippen molar-refractivity contribution < 1.29 is 0 Å². The van der Waals surface area contributed by atoms with Gasteiger partial charge in [-0.15, -0.1) is 0 Å². The molecule has 0 atom stereocenters. The van der Waals surface area contributed by atoms with Crippen LogP contribution < -0.4 is 10.2 Å². The van der Waals surface area contributed by atoms with Crippen molar-refractivity contribution in [3.8, 4) is 0 Å². The first-order chi connectivity index (χ1) is 7.69. The van der Waals surface area contributed by atoms with Gasteiger partial charge in [0.25, 0.3) is 0 Å². The number of anilines is 1. The molecule has 1 N–H and O–H groups in total. The Balaban J connectivity index is 1.78. The highest BCUT2D eigenvalue weighted by atomic mass is 15.2. The van der Waals surface area contributed by atoms with Crippen molar-refractivity contribution >= 4 is 5.69 Å². The first kappa shape index (κ1) is 10.2. The van der Waals surface area contributed by atoms with E-state index < -0.39 is 0 Å². The Morgan fingerprint density at radius 2 is 2.06 bits per heavy atom. The molecule has 0 aromatic heterocycles. The van der Waals surface area contributed by atoms with Gasteiger partial charge in [0.05, 0.1) is 0 Å². The molecule has 0 saturated carbocycles. The summed E-state index contributed by atoms with van der Waals surface area (Å²) >= 11 is 0. The van der Waals surface area contributed by atoms with Crippen LogP contribution in [-0.2, 0) is 0 Å². The van der Waals surface area contributed by atoms with Gasteiger partial charge in [0.2, 0.25) is 0 Å². The average Bonchev–Trinajstić information content (AvgIpc) is 2.68. The van der Waals surface area contributed by atoms with Gasteiger partial charge in [0, 0.05) is 30.7 Å². The Morgan fingerprint density at radius 1 is 1.25 bits per heavy atom. The molecule has 0 amide bonds. The fourth-order valence-corrected chi connectivity index (χ4v) is 3.06. The third-order valence-corrected chi connectivity index (χ3v) is 4.09. The third-order valence-electron chi connectivity index (χ3n) is 4.09. The Labute approximate surface area is 97.6 Å². The van der Waals surface area contributed by atoms with Crippen molar-refractivity contribution in [2.75, 3.05) is 31.1 Å². The molecule has 0 bridgehead atoms. The van der Waals surface area contributed by atoms with Crippen LogP contribution in [0.15, 0.2) is 18.2 Å². The second-order valence-corrected chi connectivity index (χ2v) is 5.57. The summed E-state index contributed by atoms with van der Waals surface area (Å²) in [4.78, 5) is 2.54. The summed E-state index contributed by atoms with van der Waals surface area (Å²) in [5.74, 6) is 0. The molecule has 1 spiro atoms. The van der Waals surface area contributed by atoms with E-state index in [1.807, 2.05) is 0 Å². The fourth-order valence-electron chi connectivity index (χ4n) is 3.06. The minimum absolute atomic E-state index is 0.593. The van der Waals surface area contributed by atoms with Crippen LogP contribution in [0.3, 0.4) is 0 Å². The van der Waals surface area contributed by atoms with Crippen molar-refractivity contribution in [2.45, 2.75) is 20.3 Å². The van der Waals surface area contributed by atoms with E-state index >= 15 is 0 Å². The van der Waals surface area contributed by atoms with Crippen LogP contribution in [-0.4, -0.2) is 26.2 Å². The van der Waals surface area contributed by atoms with Crippen molar-refractivity contribution in [3.05, 3.63) is 29.3 Å². The van der Waals surface area contributed by atoms with Crippen LogP contribution in [0.2, 0.25) is 0 Å². The molecule has 0 unspecified atom stereocenters. The van der Waals surface area contributed by atoms with Crippen LogP contribution in [0.25, 0.3) is 0 Å². The number of rotatable bonds is 1. The number of hydrogen-bond donors (Lipinski definition) is 1. The molecule has 2 aliphatic heterocycles. The summed E-state index contributed by atoms with van der Waals surface area (Å²) in [5.41, 5.74) is 4.81. The molecule has 2 heteroatoms. The lowest BCUT2D eigenvalue weighted by atomic mass is 9.78. The highest BCUT2D eigenvalue weighted by molar-refractivity contribution is 5.57. The number of nitrogens with one attached hydrogen (secondary N) is 1. The molecule has 2 heterocycles. The van der Waals surface area contributed by atoms with Crippen molar-refractivity contribution in [3.63, 3.8) is 0 Å². The summed E-state index contributed by atoms with van der Waals surface area (Å²) in [5, 5.41) is 3.49. The van der Waals surface area contributed by atoms with Crippen LogP contribution in [0.4, 0.5) is 5.69 Å². The predicted molar refractivity (Wildman–Crippen MR) is 68.0 cm³/mol. The second-order valence-electron chi connectivity index (χ2n) is 5.57. The molecular weight excluding hydrogens is 196 g/mol. The number of benzene rings is 1. The molecule has 0 aliphatic carbocycles. The van der Waals surface area contributed by atoms with Crippen LogP contribution in [0.1, 0.15) is 17.5 Å². The van der Waals surface area contributed by atoms with E-state index in [1.54, 1.807) is 0 Å². The number of aryl methyl sites for hydroxylation is 2. The predicted octanol–water partition coefficient (Wildman–Crippen LogP) is 2.10. The molecule has 1 aromatic carbocycles. The van der Waals surface area contributed by atoms with Crippen molar-refractivity contribution in [1.82, 2.24) is 5.32 Å². The number of nitrogens with zero attached hydrogens (tertiary/aromatic N) is 1. The van der Waals surface area contributed by atoms with Crippen LogP contribution in [0.5, 0.6) is 0 Å². The van der Waals surface area contributed by atoms with Gasteiger partial charge in [-0.3, -0.25) is 0 Å². The maximum atomic E-state index is 3.49. The maximum absolute atomic E-state index is 3.49. The maximum Gasteiger partial charge on any atom is 0.0398 e. The highest BCUT2D eigenvalue weighted by Gasteiger charge is 2.45. The summed E-state index contributed by atoms with van der Waals surface area (Å²) in [6.07, 6.45) is 1.36. The van der Waals surface area contributed by atoms with Gasteiger partial charge in [0.15, 0.2) is 0 Å². The highest BCUT2D eigenvalue weighted by Crippen LogP contribution is 2.40. The monoisotopic (exact) mass is 216 g/mol. The van der Waals surface area contributed by atoms with Gasteiger partial charge >= 0.3 is 0 Å². The third kappa shape index (κ3) is 1.52. The minimum Gasteiger partial charge on any atom is -0.370 e. The second kappa shape index (κ2) is 3.49. The molecular formula is C14H20N2. The van der Waals surface area contributed by atoms with E-state index in [0.29, 0.717) is 5.41 Å². The lowest BCUT2D eigenvalue weighted by Crippen LogP contribution is -2.57. The quantitative estimate of drug-likeness (QED) is 0.773. The first-order valence-electron chi connectivity index (χ1n) is 6.22. The molecule has 16 heavy (non-hydrogen) atoms. The van der Waals surface area contributed by atoms with E-state index in [-0.39, 0.29) is 0 Å². The molecule has 0 radical (unpaired) electrons. The summed E-state index contributed by atoms with van der Waals surface area (Å²) in [7, 11) is 0. The molecule has 3 rings (SSSR count). The first-order valence-corrected chi connectivity index (χ1v) is 6.22. The normalized spacial score (nSPS) is 22.5. The topological polar surface area (TPSA) is 15.3 Å². The zero-order valence-electron chi connectivity index (χ0n) is 10.2. The van der Waals surface area contributed by atoms with E-state index in [2.05, 4.69) is 42.3 Å². The van der Waals surface area contributed by atoms with Crippen molar-refractivity contribution in [1.29, 1.82) is 0 Å². The number of hydrogen-bond acceptors (Lipinski definition) is 2. The summed E-state index contributed by atoms with van der Waals surface area (Å²) in [6, 6.07) is 6.76. The van der Waals surface area contributed by atoms with Gasteiger partial charge in [-0.2, -0.15) is 0 Å². The molecule has 2 saturated heterocycles. The molecule has 2 fully saturated rings. The van der Waals surface area contributed by atoms with E-state index in [1.165, 1.54) is 49.4 Å². The van der Waals surface area contributed by atoms with Crippen LogP contribution >= 0.6 is 0 Å². The lowest BCUT2D eigenvalue weighted by Gasteiger charge is -2.49. The largest absolute Gasteiger partial charge is 0.370 e. The Kier molecular flexibility index (Phi) is 2.21. The Hall–Kier alpha value is -1.02. The van der Waals surface area contributed by atoms with E-state index in [0.717, 1.165) is 0 Å².